The van der Waals surface area contributed by atoms with Crippen molar-refractivity contribution in [3.05, 3.63) is 0 Å². The summed E-state index contributed by atoms with van der Waals surface area (Å²) in [5.41, 5.74) is 0. The van der Waals surface area contributed by atoms with E-state index in [0.717, 1.165) is 13.1 Å². The molecule has 0 unspecified atom stereocenters. The van der Waals surface area contributed by atoms with E-state index in [2.05, 4.69) is 29.2 Å². The Morgan fingerprint density at radius 2 is 1.62 bits per heavy atom. The quantitative estimate of drug-likeness (QED) is 0.687. The van der Waals surface area contributed by atoms with Crippen LogP contribution in [0.5, 0.6) is 0 Å². The van der Waals surface area contributed by atoms with Crippen molar-refractivity contribution in [1.82, 2.24) is 15.3 Å². The Bertz CT molecular complexity index is 115. The second-order valence-corrected chi connectivity index (χ2v) is 3.66. The first kappa shape index (κ1) is 11.0. The molecular formula is C10H23N3. The molecule has 3 heteroatoms. The molecule has 1 heterocycles. The SMILES string of the molecule is CCCN(CCC)N1CCNCC1. The third-order valence-electron chi connectivity index (χ3n) is 2.46. The largest absolute Gasteiger partial charge is 0.314 e. The number of hydrogen-bond acceptors (Lipinski definition) is 3. The van der Waals surface area contributed by atoms with Gasteiger partial charge in [0.15, 0.2) is 0 Å². The van der Waals surface area contributed by atoms with Gasteiger partial charge in [0.2, 0.25) is 0 Å². The van der Waals surface area contributed by atoms with Crippen LogP contribution >= 0.6 is 0 Å². The van der Waals surface area contributed by atoms with Crippen molar-refractivity contribution in [3.63, 3.8) is 0 Å². The molecule has 1 N–H and O–H groups in total. The van der Waals surface area contributed by atoms with Crippen molar-refractivity contribution in [1.29, 1.82) is 0 Å². The van der Waals surface area contributed by atoms with Gasteiger partial charge in [0, 0.05) is 39.3 Å². The Morgan fingerprint density at radius 1 is 1.08 bits per heavy atom. The Labute approximate surface area is 82.1 Å². The van der Waals surface area contributed by atoms with Gasteiger partial charge in [-0.15, -0.1) is 0 Å². The highest BCUT2D eigenvalue weighted by Gasteiger charge is 2.15. The Morgan fingerprint density at radius 3 is 2.08 bits per heavy atom. The summed E-state index contributed by atoms with van der Waals surface area (Å²) in [7, 11) is 0. The third kappa shape index (κ3) is 3.63. The average molecular weight is 185 g/mol. The molecule has 0 spiro atoms. The summed E-state index contributed by atoms with van der Waals surface area (Å²) >= 11 is 0. The van der Waals surface area contributed by atoms with Crippen LogP contribution in [0.2, 0.25) is 0 Å². The first-order valence-electron chi connectivity index (χ1n) is 5.59. The van der Waals surface area contributed by atoms with Gasteiger partial charge in [-0.1, -0.05) is 13.8 Å². The molecule has 0 aliphatic carbocycles. The molecule has 1 saturated heterocycles. The van der Waals surface area contributed by atoms with Crippen LogP contribution in [-0.2, 0) is 0 Å². The fraction of sp³-hybridized carbons (Fsp3) is 1.00. The molecule has 1 aliphatic rings. The van der Waals surface area contributed by atoms with E-state index in [-0.39, 0.29) is 0 Å². The van der Waals surface area contributed by atoms with Gasteiger partial charge < -0.3 is 5.32 Å². The lowest BCUT2D eigenvalue weighted by molar-refractivity contribution is -0.0338. The minimum atomic E-state index is 1.14. The number of rotatable bonds is 5. The molecule has 1 aliphatic heterocycles. The van der Waals surface area contributed by atoms with E-state index < -0.39 is 0 Å². The van der Waals surface area contributed by atoms with Crippen molar-refractivity contribution >= 4 is 0 Å². The smallest absolute Gasteiger partial charge is 0.0259 e. The van der Waals surface area contributed by atoms with E-state index in [1.807, 2.05) is 0 Å². The van der Waals surface area contributed by atoms with Gasteiger partial charge in [0.1, 0.15) is 0 Å². The van der Waals surface area contributed by atoms with Crippen molar-refractivity contribution in [2.45, 2.75) is 26.7 Å². The maximum Gasteiger partial charge on any atom is 0.0259 e. The molecule has 0 radical (unpaired) electrons. The molecule has 0 saturated carbocycles. The van der Waals surface area contributed by atoms with E-state index in [1.54, 1.807) is 0 Å². The summed E-state index contributed by atoms with van der Waals surface area (Å²) < 4.78 is 0. The summed E-state index contributed by atoms with van der Waals surface area (Å²) in [6.45, 7) is 11.6. The minimum Gasteiger partial charge on any atom is -0.314 e. The molecule has 1 fully saturated rings. The Kier molecular flexibility index (Phi) is 5.35. The lowest BCUT2D eigenvalue weighted by Crippen LogP contribution is -2.52. The molecule has 13 heavy (non-hydrogen) atoms. The number of hydrazine groups is 1. The number of hydrogen-bond donors (Lipinski definition) is 1. The molecule has 0 aromatic heterocycles. The maximum atomic E-state index is 3.39. The molecule has 0 atom stereocenters. The monoisotopic (exact) mass is 185 g/mol. The highest BCUT2D eigenvalue weighted by atomic mass is 15.6. The van der Waals surface area contributed by atoms with E-state index in [4.69, 9.17) is 0 Å². The number of nitrogens with one attached hydrogen (secondary N) is 1. The van der Waals surface area contributed by atoms with Gasteiger partial charge in [-0.3, -0.25) is 0 Å². The van der Waals surface area contributed by atoms with E-state index in [9.17, 15) is 0 Å². The van der Waals surface area contributed by atoms with Crippen molar-refractivity contribution in [3.8, 4) is 0 Å². The zero-order valence-corrected chi connectivity index (χ0v) is 9.05. The minimum absolute atomic E-state index is 1.14. The van der Waals surface area contributed by atoms with Gasteiger partial charge in [0.25, 0.3) is 0 Å². The van der Waals surface area contributed by atoms with E-state index >= 15 is 0 Å². The number of piperazine rings is 1. The highest BCUT2D eigenvalue weighted by molar-refractivity contribution is 4.66. The van der Waals surface area contributed by atoms with Crippen LogP contribution in [0.4, 0.5) is 0 Å². The Hall–Kier alpha value is -0.120. The zero-order chi connectivity index (χ0) is 9.52. The summed E-state index contributed by atoms with van der Waals surface area (Å²) in [5, 5.41) is 8.40. The maximum absolute atomic E-state index is 3.39. The molecule has 0 bridgehead atoms. The zero-order valence-electron chi connectivity index (χ0n) is 9.05. The third-order valence-corrected chi connectivity index (χ3v) is 2.46. The summed E-state index contributed by atoms with van der Waals surface area (Å²) in [6.07, 6.45) is 2.51. The van der Waals surface area contributed by atoms with Gasteiger partial charge in [0.05, 0.1) is 0 Å². The second kappa shape index (κ2) is 6.35. The van der Waals surface area contributed by atoms with Crippen molar-refractivity contribution < 1.29 is 0 Å². The molecule has 0 aromatic carbocycles. The van der Waals surface area contributed by atoms with Crippen LogP contribution in [0, 0.1) is 0 Å². The molecule has 78 valence electrons. The lowest BCUT2D eigenvalue weighted by Gasteiger charge is -2.37. The first-order chi connectivity index (χ1) is 6.38. The summed E-state index contributed by atoms with van der Waals surface area (Å²) in [4.78, 5) is 0. The standard InChI is InChI=1S/C10H23N3/c1-3-7-12(8-4-2)13-9-5-11-6-10-13/h11H,3-10H2,1-2H3. The fourth-order valence-electron chi connectivity index (χ4n) is 1.85. The average Bonchev–Trinajstić information content (AvgIpc) is 2.19. The van der Waals surface area contributed by atoms with Crippen LogP contribution in [-0.4, -0.2) is 49.3 Å². The predicted octanol–water partition coefficient (Wildman–Crippen LogP) is 0.929. The second-order valence-electron chi connectivity index (χ2n) is 3.66. The van der Waals surface area contributed by atoms with Crippen LogP contribution in [0.15, 0.2) is 0 Å². The van der Waals surface area contributed by atoms with Crippen LogP contribution in [0.25, 0.3) is 0 Å². The van der Waals surface area contributed by atoms with Gasteiger partial charge >= 0.3 is 0 Å². The van der Waals surface area contributed by atoms with Crippen molar-refractivity contribution in [2.24, 2.45) is 0 Å². The van der Waals surface area contributed by atoms with Gasteiger partial charge in [-0.2, -0.15) is 0 Å². The summed E-state index contributed by atoms with van der Waals surface area (Å²) in [5.74, 6) is 0. The highest BCUT2D eigenvalue weighted by Crippen LogP contribution is 2.02. The van der Waals surface area contributed by atoms with Crippen LogP contribution in [0.1, 0.15) is 26.7 Å². The molecule has 3 nitrogen and oxygen atoms in total. The molecule has 0 aromatic rings. The van der Waals surface area contributed by atoms with E-state index in [1.165, 1.54) is 39.0 Å². The van der Waals surface area contributed by atoms with E-state index in [0.29, 0.717) is 0 Å². The normalized spacial score (nSPS) is 19.6. The van der Waals surface area contributed by atoms with Gasteiger partial charge in [-0.25, -0.2) is 10.0 Å². The molecule has 1 rings (SSSR count). The van der Waals surface area contributed by atoms with Crippen molar-refractivity contribution in [2.75, 3.05) is 39.3 Å². The first-order valence-corrected chi connectivity index (χ1v) is 5.59. The van der Waals surface area contributed by atoms with Crippen LogP contribution in [0.3, 0.4) is 0 Å². The fourth-order valence-corrected chi connectivity index (χ4v) is 1.85. The number of nitrogens with zero attached hydrogens (tertiary/aromatic N) is 2. The summed E-state index contributed by atoms with van der Waals surface area (Å²) in [6, 6.07) is 0. The molecule has 0 amide bonds. The van der Waals surface area contributed by atoms with Gasteiger partial charge in [-0.05, 0) is 12.8 Å². The lowest BCUT2D eigenvalue weighted by atomic mass is 10.3. The predicted molar refractivity (Wildman–Crippen MR) is 56.6 cm³/mol. The topological polar surface area (TPSA) is 18.5 Å². The Balaban J connectivity index is 2.32. The molecular weight excluding hydrogens is 162 g/mol. The van der Waals surface area contributed by atoms with Crippen LogP contribution < -0.4 is 5.32 Å².